The van der Waals surface area contributed by atoms with Crippen LogP contribution in [0.3, 0.4) is 0 Å². The van der Waals surface area contributed by atoms with Crippen LogP contribution in [0.2, 0.25) is 0 Å². The maximum atomic E-state index is 13.5. The molecule has 1 aliphatic heterocycles. The Bertz CT molecular complexity index is 1380. The van der Waals surface area contributed by atoms with Gasteiger partial charge in [-0.15, -0.1) is 5.10 Å². The van der Waals surface area contributed by atoms with Crippen LogP contribution in [-0.2, 0) is 4.79 Å². The van der Waals surface area contributed by atoms with E-state index in [0.717, 1.165) is 11.1 Å². The molecule has 3 heterocycles. The van der Waals surface area contributed by atoms with Gasteiger partial charge in [-0.05, 0) is 36.8 Å². The van der Waals surface area contributed by atoms with Crippen LogP contribution in [0.15, 0.2) is 84.3 Å². The van der Waals surface area contributed by atoms with Crippen LogP contribution in [0.1, 0.15) is 18.5 Å². The summed E-state index contributed by atoms with van der Waals surface area (Å²) in [5.41, 5.74) is 3.47. The minimum atomic E-state index is -0.488. The van der Waals surface area contributed by atoms with E-state index in [1.54, 1.807) is 49.5 Å². The molecule has 176 valence electrons. The molecule has 9 nitrogen and oxygen atoms in total. The highest BCUT2D eigenvalue weighted by Gasteiger charge is 2.34. The summed E-state index contributed by atoms with van der Waals surface area (Å²) in [7, 11) is 3.19. The molecule has 2 aromatic heterocycles. The van der Waals surface area contributed by atoms with Gasteiger partial charge in [-0.2, -0.15) is 4.98 Å². The first-order chi connectivity index (χ1) is 17.1. The molecule has 5 rings (SSSR count). The highest BCUT2D eigenvalue weighted by atomic mass is 16.5. The number of methoxy groups -OCH3 is 2. The molecule has 0 fully saturated rings. The summed E-state index contributed by atoms with van der Waals surface area (Å²) in [6.07, 6.45) is 3.27. The third kappa shape index (κ3) is 4.31. The van der Waals surface area contributed by atoms with Crippen molar-refractivity contribution in [1.29, 1.82) is 0 Å². The molecule has 0 saturated carbocycles. The molecule has 2 aromatic carbocycles. The molecule has 0 bridgehead atoms. The lowest BCUT2D eigenvalue weighted by molar-refractivity contribution is -0.113. The summed E-state index contributed by atoms with van der Waals surface area (Å²) >= 11 is 0. The summed E-state index contributed by atoms with van der Waals surface area (Å²) in [6, 6.07) is 18.3. The Kier molecular flexibility index (Phi) is 5.88. The smallest absolute Gasteiger partial charge is 0.255 e. The lowest BCUT2D eigenvalue weighted by Crippen LogP contribution is -2.31. The predicted molar refractivity (Wildman–Crippen MR) is 132 cm³/mol. The number of anilines is 2. The predicted octanol–water partition coefficient (Wildman–Crippen LogP) is 4.28. The largest absolute Gasteiger partial charge is 0.497 e. The van der Waals surface area contributed by atoms with E-state index in [1.165, 1.54) is 0 Å². The van der Waals surface area contributed by atoms with Gasteiger partial charge in [0.25, 0.3) is 5.91 Å². The van der Waals surface area contributed by atoms with E-state index < -0.39 is 6.04 Å². The summed E-state index contributed by atoms with van der Waals surface area (Å²) in [6.45, 7) is 1.86. The molecule has 1 aliphatic rings. The second kappa shape index (κ2) is 9.30. The Hall–Kier alpha value is -4.66. The van der Waals surface area contributed by atoms with E-state index in [9.17, 15) is 4.79 Å². The SMILES string of the molecule is COc1cc(OC)cc(-c2nc3n(n2)C(c2ccccc2)C(C(=O)Nc2cccnc2)=C(C)N3)c1. The van der Waals surface area contributed by atoms with E-state index >= 15 is 0 Å². The van der Waals surface area contributed by atoms with Crippen molar-refractivity contribution in [2.75, 3.05) is 24.9 Å². The van der Waals surface area contributed by atoms with Crippen molar-refractivity contribution in [2.45, 2.75) is 13.0 Å². The molecule has 0 radical (unpaired) electrons. The van der Waals surface area contributed by atoms with Crippen LogP contribution in [0.25, 0.3) is 11.4 Å². The zero-order valence-electron chi connectivity index (χ0n) is 19.5. The number of nitrogens with zero attached hydrogens (tertiary/aromatic N) is 4. The lowest BCUT2D eigenvalue weighted by atomic mass is 9.95. The summed E-state index contributed by atoms with van der Waals surface area (Å²) < 4.78 is 12.6. The first-order valence-corrected chi connectivity index (χ1v) is 11.0. The van der Waals surface area contributed by atoms with Gasteiger partial charge in [-0.3, -0.25) is 9.78 Å². The Morgan fingerprint density at radius 2 is 1.77 bits per heavy atom. The van der Waals surface area contributed by atoms with Gasteiger partial charge >= 0.3 is 0 Å². The second-order valence-corrected chi connectivity index (χ2v) is 7.98. The van der Waals surface area contributed by atoms with Crippen molar-refractivity contribution in [3.05, 3.63) is 89.9 Å². The molecule has 9 heteroatoms. The zero-order chi connectivity index (χ0) is 24.4. The second-order valence-electron chi connectivity index (χ2n) is 7.98. The van der Waals surface area contributed by atoms with E-state index in [-0.39, 0.29) is 5.91 Å². The maximum Gasteiger partial charge on any atom is 0.255 e. The number of ether oxygens (including phenoxy) is 2. The minimum Gasteiger partial charge on any atom is -0.497 e. The molecule has 4 aromatic rings. The molecular formula is C26H24N6O3. The number of allylic oxidation sites excluding steroid dienone is 1. The molecule has 0 aliphatic carbocycles. The van der Waals surface area contributed by atoms with Crippen LogP contribution < -0.4 is 20.1 Å². The average molecular weight is 469 g/mol. The van der Waals surface area contributed by atoms with Crippen molar-refractivity contribution in [1.82, 2.24) is 19.7 Å². The number of pyridine rings is 1. The number of hydrogen-bond donors (Lipinski definition) is 2. The van der Waals surface area contributed by atoms with E-state index in [2.05, 4.69) is 15.6 Å². The normalized spacial score (nSPS) is 14.7. The molecule has 0 saturated heterocycles. The van der Waals surface area contributed by atoms with Crippen LogP contribution in [0.5, 0.6) is 11.5 Å². The number of aromatic nitrogens is 4. The molecule has 1 atom stereocenters. The third-order valence-corrected chi connectivity index (χ3v) is 5.74. The number of amides is 1. The monoisotopic (exact) mass is 468 g/mol. The number of benzene rings is 2. The van der Waals surface area contributed by atoms with Gasteiger partial charge in [0, 0.05) is 23.5 Å². The number of nitrogens with one attached hydrogen (secondary N) is 2. The van der Waals surface area contributed by atoms with Crippen molar-refractivity contribution in [3.8, 4) is 22.9 Å². The van der Waals surface area contributed by atoms with Gasteiger partial charge in [0.05, 0.1) is 31.7 Å². The van der Waals surface area contributed by atoms with E-state index in [4.69, 9.17) is 19.6 Å². The number of hydrogen-bond acceptors (Lipinski definition) is 7. The quantitative estimate of drug-likeness (QED) is 0.435. The fourth-order valence-electron chi connectivity index (χ4n) is 4.08. The Morgan fingerprint density at radius 1 is 1.03 bits per heavy atom. The van der Waals surface area contributed by atoms with Gasteiger partial charge < -0.3 is 20.1 Å². The molecule has 0 spiro atoms. The van der Waals surface area contributed by atoms with Crippen molar-refractivity contribution < 1.29 is 14.3 Å². The summed E-state index contributed by atoms with van der Waals surface area (Å²) in [5.74, 6) is 2.03. The minimum absolute atomic E-state index is 0.248. The van der Waals surface area contributed by atoms with Crippen LogP contribution in [-0.4, -0.2) is 39.9 Å². The average Bonchev–Trinajstić information content (AvgIpc) is 3.32. The standard InChI is InChI=1S/C26H24N6O3/c1-16-22(25(33)29-19-10-7-11-27-15-19)23(17-8-5-4-6-9-17)32-26(28-16)30-24(31-32)18-12-20(34-2)14-21(13-18)35-3/h4-15,23H,1-3H3,(H,29,33)(H,28,30,31). The fraction of sp³-hybridized carbons (Fsp3) is 0.154. The topological polar surface area (TPSA) is 103 Å². The molecule has 1 amide bonds. The first kappa shape index (κ1) is 22.1. The van der Waals surface area contributed by atoms with Crippen molar-refractivity contribution >= 4 is 17.5 Å². The van der Waals surface area contributed by atoms with E-state index in [1.807, 2.05) is 49.4 Å². The summed E-state index contributed by atoms with van der Waals surface area (Å²) in [5, 5.41) is 11.0. The number of rotatable bonds is 6. The van der Waals surface area contributed by atoms with Crippen molar-refractivity contribution in [3.63, 3.8) is 0 Å². The van der Waals surface area contributed by atoms with Crippen molar-refractivity contribution in [2.24, 2.45) is 0 Å². The van der Waals surface area contributed by atoms with Gasteiger partial charge in [0.15, 0.2) is 5.82 Å². The highest BCUT2D eigenvalue weighted by Crippen LogP contribution is 2.37. The Labute approximate surface area is 202 Å². The van der Waals surface area contributed by atoms with E-state index in [0.29, 0.717) is 40.2 Å². The van der Waals surface area contributed by atoms with Gasteiger partial charge in [-0.1, -0.05) is 30.3 Å². The van der Waals surface area contributed by atoms with Gasteiger partial charge in [-0.25, -0.2) is 4.68 Å². The van der Waals surface area contributed by atoms with Gasteiger partial charge in [0.2, 0.25) is 5.95 Å². The Morgan fingerprint density at radius 3 is 2.43 bits per heavy atom. The summed E-state index contributed by atoms with van der Waals surface area (Å²) in [4.78, 5) is 22.3. The lowest BCUT2D eigenvalue weighted by Gasteiger charge is -2.28. The fourth-order valence-corrected chi connectivity index (χ4v) is 4.08. The molecular weight excluding hydrogens is 444 g/mol. The molecule has 35 heavy (non-hydrogen) atoms. The molecule has 2 N–H and O–H groups in total. The number of fused-ring (bicyclic) bond motifs is 1. The number of carbonyl (C=O) groups is 1. The van der Waals surface area contributed by atoms with Gasteiger partial charge in [0.1, 0.15) is 17.5 Å². The first-order valence-electron chi connectivity index (χ1n) is 11.0. The Balaban J connectivity index is 1.60. The maximum absolute atomic E-state index is 13.5. The third-order valence-electron chi connectivity index (χ3n) is 5.74. The van der Waals surface area contributed by atoms with Crippen LogP contribution in [0.4, 0.5) is 11.6 Å². The highest BCUT2D eigenvalue weighted by molar-refractivity contribution is 6.05. The number of carbonyl (C=O) groups excluding carboxylic acids is 1. The van der Waals surface area contributed by atoms with Crippen LogP contribution >= 0.6 is 0 Å². The molecule has 1 unspecified atom stereocenters. The zero-order valence-corrected chi connectivity index (χ0v) is 19.5. The van der Waals surface area contributed by atoms with Crippen LogP contribution in [0, 0.1) is 0 Å².